The second-order valence-electron chi connectivity index (χ2n) is 3.78. The molecule has 0 aliphatic carbocycles. The van der Waals surface area contributed by atoms with Gasteiger partial charge in [-0.3, -0.25) is 0 Å². The van der Waals surface area contributed by atoms with Crippen LogP contribution in [0.25, 0.3) is 0 Å². The Balaban J connectivity index is 0.000000491. The predicted molar refractivity (Wildman–Crippen MR) is 116 cm³/mol. The van der Waals surface area contributed by atoms with Crippen LogP contribution in [0.3, 0.4) is 0 Å². The van der Waals surface area contributed by atoms with Crippen molar-refractivity contribution in [3.63, 3.8) is 0 Å². The number of alkyl halides is 2. The topological polar surface area (TPSA) is 0 Å². The van der Waals surface area contributed by atoms with Crippen LogP contribution in [0.15, 0.2) is 58.3 Å². The van der Waals surface area contributed by atoms with E-state index in [2.05, 4.69) is 127 Å². The smallest absolute Gasteiger partial charge is 0.0895 e. The molecule has 0 nitrogen and oxygen atoms in total. The normalized spacial score (nSPS) is 10.2. The molecular formula is C14H12Br5PS. The number of halogens is 5. The zero-order valence-corrected chi connectivity index (χ0v) is 20.4. The van der Waals surface area contributed by atoms with E-state index in [0.717, 1.165) is 10.7 Å². The minimum absolute atomic E-state index is 0.183. The van der Waals surface area contributed by atoms with Crippen molar-refractivity contribution in [1.29, 1.82) is 0 Å². The molecule has 0 aliphatic rings. The summed E-state index contributed by atoms with van der Waals surface area (Å²) in [4.78, 5) is 2.63. The molecule has 21 heavy (non-hydrogen) atoms. The van der Waals surface area contributed by atoms with Gasteiger partial charge >= 0.3 is 0 Å². The molecule has 0 aliphatic heterocycles. The highest BCUT2D eigenvalue weighted by Gasteiger charge is 2.05. The summed E-state index contributed by atoms with van der Waals surface area (Å²) in [5.41, 5.74) is 2.67. The minimum Gasteiger partial charge on any atom is -0.0895 e. The van der Waals surface area contributed by atoms with Gasteiger partial charge in [0.1, 0.15) is 4.03 Å². The third kappa shape index (κ3) is 8.32. The van der Waals surface area contributed by atoms with E-state index >= 15 is 0 Å². The third-order valence-electron chi connectivity index (χ3n) is 2.45. The van der Waals surface area contributed by atoms with Gasteiger partial charge in [0.2, 0.25) is 0 Å². The molecule has 2 aromatic carbocycles. The lowest BCUT2D eigenvalue weighted by atomic mass is 10.2. The first kappa shape index (κ1) is 20.7. The SMILES string of the molecule is BrCc1ccccc1Sc1ccccc1CBr.BrP(Br)Br. The number of hydrogen-bond acceptors (Lipinski definition) is 1. The van der Waals surface area contributed by atoms with Crippen LogP contribution in [-0.2, 0) is 10.7 Å². The predicted octanol–water partition coefficient (Wildman–Crippen LogP) is 9.03. The van der Waals surface area contributed by atoms with Gasteiger partial charge in [0.05, 0.1) is 0 Å². The fourth-order valence-electron chi connectivity index (χ4n) is 1.55. The molecule has 2 aromatic rings. The maximum atomic E-state index is 3.53. The summed E-state index contributed by atoms with van der Waals surface area (Å²) in [7, 11) is 0. The molecule has 0 aromatic heterocycles. The van der Waals surface area contributed by atoms with Gasteiger partial charge in [-0.15, -0.1) is 0 Å². The molecular weight excluding hydrogens is 631 g/mol. The highest BCUT2D eigenvalue weighted by atomic mass is 80.0. The van der Waals surface area contributed by atoms with Crippen molar-refractivity contribution < 1.29 is 0 Å². The molecule has 0 fully saturated rings. The van der Waals surface area contributed by atoms with E-state index in [9.17, 15) is 0 Å². The lowest BCUT2D eigenvalue weighted by molar-refractivity contribution is 1.24. The van der Waals surface area contributed by atoms with Crippen molar-refractivity contribution in [2.75, 3.05) is 0 Å². The van der Waals surface area contributed by atoms with Crippen LogP contribution in [-0.4, -0.2) is 0 Å². The standard InChI is InChI=1S/C14H12Br2S.Br3P/c15-9-11-5-1-3-7-13(11)17-14-8-4-2-6-12(14)10-16;1-4(2)3/h1-8H,9-10H2;. The first-order valence-corrected chi connectivity index (χ1v) is 16.3. The van der Waals surface area contributed by atoms with Crippen molar-refractivity contribution in [2.45, 2.75) is 20.5 Å². The zero-order valence-electron chi connectivity index (χ0n) is 10.8. The number of hydrogen-bond donors (Lipinski definition) is 0. The highest BCUT2D eigenvalue weighted by molar-refractivity contribution is 9.93. The monoisotopic (exact) mass is 638 g/mol. The Hall–Kier alpha value is 1.62. The average Bonchev–Trinajstić information content (AvgIpc) is 2.48. The van der Waals surface area contributed by atoms with Crippen LogP contribution < -0.4 is 0 Å². The molecule has 114 valence electrons. The van der Waals surface area contributed by atoms with Gasteiger partial charge in [-0.05, 0) is 69.7 Å². The van der Waals surface area contributed by atoms with Gasteiger partial charge in [0.25, 0.3) is 0 Å². The fourth-order valence-corrected chi connectivity index (χ4v) is 3.97. The Morgan fingerprint density at radius 3 is 1.38 bits per heavy atom. The van der Waals surface area contributed by atoms with Crippen molar-refractivity contribution in [2.24, 2.45) is 0 Å². The van der Waals surface area contributed by atoms with Gasteiger partial charge in [0, 0.05) is 20.5 Å². The average molecular weight is 643 g/mol. The molecule has 2 rings (SSSR count). The number of benzene rings is 2. The van der Waals surface area contributed by atoms with E-state index in [1.165, 1.54) is 20.9 Å². The molecule has 0 atom stereocenters. The zero-order chi connectivity index (χ0) is 15.7. The van der Waals surface area contributed by atoms with Crippen LogP contribution in [0.5, 0.6) is 0 Å². The first-order valence-electron chi connectivity index (χ1n) is 5.81. The van der Waals surface area contributed by atoms with E-state index in [0.29, 0.717) is 0 Å². The van der Waals surface area contributed by atoms with E-state index < -0.39 is 0 Å². The summed E-state index contributed by atoms with van der Waals surface area (Å²) in [6, 6.07) is 17.0. The maximum absolute atomic E-state index is 3.53. The molecule has 0 bridgehead atoms. The summed E-state index contributed by atoms with van der Waals surface area (Å²) in [5.74, 6) is 0. The molecule has 0 heterocycles. The van der Waals surface area contributed by atoms with E-state index in [1.54, 1.807) is 0 Å². The maximum Gasteiger partial charge on any atom is 0.103 e. The molecule has 0 saturated carbocycles. The fraction of sp³-hybridized carbons (Fsp3) is 0.143. The van der Waals surface area contributed by atoms with E-state index in [-0.39, 0.29) is 4.03 Å². The highest BCUT2D eigenvalue weighted by Crippen LogP contribution is 2.59. The minimum atomic E-state index is -0.183. The van der Waals surface area contributed by atoms with Crippen molar-refractivity contribution in [1.82, 2.24) is 0 Å². The van der Waals surface area contributed by atoms with Crippen molar-refractivity contribution in [3.05, 3.63) is 59.7 Å². The van der Waals surface area contributed by atoms with Gasteiger partial charge in [-0.25, -0.2) is 0 Å². The second-order valence-corrected chi connectivity index (χ2v) is 21.3. The summed E-state index contributed by atoms with van der Waals surface area (Å²) in [6.07, 6.45) is 0. The third-order valence-corrected chi connectivity index (χ3v) is 4.90. The summed E-state index contributed by atoms with van der Waals surface area (Å²) >= 11 is 18.4. The van der Waals surface area contributed by atoms with Gasteiger partial charge in [-0.2, -0.15) is 0 Å². The molecule has 0 spiro atoms. The van der Waals surface area contributed by atoms with Crippen molar-refractivity contribution in [3.8, 4) is 0 Å². The summed E-state index contributed by atoms with van der Waals surface area (Å²) in [5, 5.41) is 1.79. The van der Waals surface area contributed by atoms with E-state index in [1.807, 2.05) is 11.8 Å². The van der Waals surface area contributed by atoms with Crippen LogP contribution in [0.4, 0.5) is 0 Å². The lowest BCUT2D eigenvalue weighted by Gasteiger charge is -2.09. The summed E-state index contributed by atoms with van der Waals surface area (Å²) in [6.45, 7) is 0. The Morgan fingerprint density at radius 2 is 1.05 bits per heavy atom. The number of rotatable bonds is 4. The Kier molecular flexibility index (Phi) is 11.9. The van der Waals surface area contributed by atoms with Gasteiger partial charge in [-0.1, -0.05) is 80.0 Å². The molecule has 0 N–H and O–H groups in total. The largest absolute Gasteiger partial charge is 0.103 e. The summed E-state index contributed by atoms with van der Waals surface area (Å²) < 4.78 is -0.183. The van der Waals surface area contributed by atoms with Crippen LogP contribution in [0.2, 0.25) is 0 Å². The lowest BCUT2D eigenvalue weighted by Crippen LogP contribution is -1.86. The second kappa shape index (κ2) is 12.0. The van der Waals surface area contributed by atoms with E-state index in [4.69, 9.17) is 0 Å². The van der Waals surface area contributed by atoms with Gasteiger partial charge < -0.3 is 0 Å². The van der Waals surface area contributed by atoms with Crippen LogP contribution in [0, 0.1) is 0 Å². The first-order chi connectivity index (χ1) is 10.1. The Bertz CT molecular complexity index is 502. The van der Waals surface area contributed by atoms with Crippen LogP contribution in [0.1, 0.15) is 11.1 Å². The Morgan fingerprint density at radius 1 is 0.714 bits per heavy atom. The molecule has 0 radical (unpaired) electrons. The van der Waals surface area contributed by atoms with Gasteiger partial charge in [0.15, 0.2) is 0 Å². The molecule has 0 amide bonds. The Labute approximate surface area is 172 Å². The molecule has 7 heteroatoms. The quantitative estimate of drug-likeness (QED) is 0.237. The van der Waals surface area contributed by atoms with Crippen molar-refractivity contribution >= 4 is 94.1 Å². The molecule has 0 saturated heterocycles. The molecule has 0 unspecified atom stereocenters. The van der Waals surface area contributed by atoms with Crippen LogP contribution >= 0.6 is 94.1 Å².